The molecule has 1 aliphatic rings. The summed E-state index contributed by atoms with van der Waals surface area (Å²) in [5, 5.41) is 9.98. The van der Waals surface area contributed by atoms with Gasteiger partial charge in [0.15, 0.2) is 0 Å². The smallest absolute Gasteiger partial charge is 0.136 e. The van der Waals surface area contributed by atoms with Gasteiger partial charge in [0.25, 0.3) is 0 Å². The summed E-state index contributed by atoms with van der Waals surface area (Å²) in [5.41, 5.74) is 2.01. The Balaban J connectivity index is 1.95. The number of benzene rings is 1. The van der Waals surface area contributed by atoms with Crippen molar-refractivity contribution in [3.8, 4) is 5.75 Å². The van der Waals surface area contributed by atoms with Crippen molar-refractivity contribution in [2.45, 2.75) is 31.9 Å². The summed E-state index contributed by atoms with van der Waals surface area (Å²) in [6.45, 7) is 10.5. The minimum atomic E-state index is -0.0841. The van der Waals surface area contributed by atoms with E-state index in [-0.39, 0.29) is 11.2 Å². The van der Waals surface area contributed by atoms with Crippen LogP contribution in [0.1, 0.15) is 31.9 Å². The van der Waals surface area contributed by atoms with E-state index in [1.165, 1.54) is 0 Å². The fourth-order valence-electron chi connectivity index (χ4n) is 2.41. The van der Waals surface area contributed by atoms with Crippen molar-refractivity contribution in [1.82, 2.24) is 9.80 Å². The zero-order valence-corrected chi connectivity index (χ0v) is 15.5. The molecule has 1 heterocycles. The molecule has 121 valence electrons. The van der Waals surface area contributed by atoms with Gasteiger partial charge in [0.2, 0.25) is 0 Å². The maximum absolute atomic E-state index is 9.98. The van der Waals surface area contributed by atoms with Gasteiger partial charge in [0, 0.05) is 43.6 Å². The summed E-state index contributed by atoms with van der Waals surface area (Å²) in [4.78, 5) is 4.61. The van der Waals surface area contributed by atoms with Crippen molar-refractivity contribution in [2.24, 2.45) is 0 Å². The molecule has 1 aliphatic heterocycles. The van der Waals surface area contributed by atoms with Crippen LogP contribution in [0.3, 0.4) is 0 Å². The summed E-state index contributed by atoms with van der Waals surface area (Å²) in [7, 11) is 2.15. The first kappa shape index (κ1) is 17.6. The normalized spacial score (nSPS) is 16.8. The van der Waals surface area contributed by atoms with E-state index in [1.54, 1.807) is 11.8 Å². The molecule has 0 spiro atoms. The average molecular weight is 338 g/mol. The quantitative estimate of drug-likeness (QED) is 0.836. The zero-order valence-electron chi connectivity index (χ0n) is 13.8. The maximum atomic E-state index is 9.98. The van der Waals surface area contributed by atoms with Crippen LogP contribution in [0.25, 0.3) is 0 Å². The van der Waals surface area contributed by atoms with E-state index < -0.39 is 0 Å². The van der Waals surface area contributed by atoms with Crippen LogP contribution in [0.5, 0.6) is 5.75 Å². The molecule has 1 fully saturated rings. The van der Waals surface area contributed by atoms with Gasteiger partial charge in [-0.3, -0.25) is 0 Å². The molecule has 1 radical (unpaired) electrons. The number of hydrogen-bond acceptors (Lipinski definition) is 4. The molecule has 1 saturated heterocycles. The minimum Gasteiger partial charge on any atom is -0.507 e. The highest BCUT2D eigenvalue weighted by Crippen LogP contribution is 2.32. The molecular formula is C17H25N2OS2. The number of aromatic hydroxyl groups is 1. The Morgan fingerprint density at radius 3 is 2.55 bits per heavy atom. The Morgan fingerprint density at radius 2 is 1.95 bits per heavy atom. The van der Waals surface area contributed by atoms with Gasteiger partial charge in [-0.05, 0) is 24.1 Å². The van der Waals surface area contributed by atoms with Crippen molar-refractivity contribution in [1.29, 1.82) is 0 Å². The summed E-state index contributed by atoms with van der Waals surface area (Å²) in [5.74, 6) is 1.08. The number of thiocarbonyl (C=S) groups is 1. The van der Waals surface area contributed by atoms with Crippen LogP contribution in [0, 0.1) is 6.07 Å². The zero-order chi connectivity index (χ0) is 16.3. The Kier molecular flexibility index (Phi) is 5.75. The second-order valence-corrected chi connectivity index (χ2v) is 8.47. The van der Waals surface area contributed by atoms with Gasteiger partial charge >= 0.3 is 0 Å². The number of piperazine rings is 1. The fraction of sp³-hybridized carbons (Fsp3) is 0.588. The van der Waals surface area contributed by atoms with Gasteiger partial charge in [0.1, 0.15) is 10.1 Å². The number of phenolic OH excluding ortho intramolecular Hbond substituents is 1. The Morgan fingerprint density at radius 1 is 1.32 bits per heavy atom. The lowest BCUT2D eigenvalue weighted by molar-refractivity contribution is 0.220. The first-order chi connectivity index (χ1) is 10.3. The van der Waals surface area contributed by atoms with E-state index in [1.807, 2.05) is 6.07 Å². The molecule has 5 heteroatoms. The van der Waals surface area contributed by atoms with E-state index in [0.29, 0.717) is 0 Å². The third-order valence-corrected chi connectivity index (χ3v) is 5.51. The number of hydrogen-bond donors (Lipinski definition) is 1. The van der Waals surface area contributed by atoms with Crippen LogP contribution >= 0.6 is 24.0 Å². The highest BCUT2D eigenvalue weighted by atomic mass is 32.2. The second kappa shape index (κ2) is 7.20. The molecule has 0 amide bonds. The van der Waals surface area contributed by atoms with Crippen LogP contribution in [0.4, 0.5) is 0 Å². The van der Waals surface area contributed by atoms with E-state index in [0.717, 1.165) is 47.4 Å². The summed E-state index contributed by atoms with van der Waals surface area (Å²) in [6, 6.07) is 6.90. The largest absolute Gasteiger partial charge is 0.507 e. The lowest BCUT2D eigenvalue weighted by Crippen LogP contribution is -2.45. The predicted molar refractivity (Wildman–Crippen MR) is 98.6 cm³/mol. The van der Waals surface area contributed by atoms with Crippen molar-refractivity contribution in [3.05, 3.63) is 29.3 Å². The lowest BCUT2D eigenvalue weighted by atomic mass is 9.85. The Hall–Kier alpha value is -0.780. The Bertz CT molecular complexity index is 532. The highest BCUT2D eigenvalue weighted by molar-refractivity contribution is 8.22. The molecule has 0 aromatic heterocycles. The van der Waals surface area contributed by atoms with E-state index in [2.05, 4.69) is 49.8 Å². The van der Waals surface area contributed by atoms with Crippen molar-refractivity contribution in [3.63, 3.8) is 0 Å². The molecule has 0 atom stereocenters. The summed E-state index contributed by atoms with van der Waals surface area (Å²) in [6.07, 6.45) is 0. The lowest BCUT2D eigenvalue weighted by Gasteiger charge is -2.33. The molecule has 0 aliphatic carbocycles. The van der Waals surface area contributed by atoms with E-state index >= 15 is 0 Å². The van der Waals surface area contributed by atoms with Crippen LogP contribution in [0.15, 0.2) is 12.1 Å². The van der Waals surface area contributed by atoms with Gasteiger partial charge < -0.3 is 14.9 Å². The molecule has 0 bridgehead atoms. The third kappa shape index (κ3) is 4.61. The van der Waals surface area contributed by atoms with Gasteiger partial charge in [0.05, 0.1) is 0 Å². The molecule has 1 N–H and O–H groups in total. The van der Waals surface area contributed by atoms with E-state index in [4.69, 9.17) is 12.2 Å². The fourth-order valence-corrected chi connectivity index (χ4v) is 3.60. The molecule has 2 rings (SSSR count). The van der Waals surface area contributed by atoms with Gasteiger partial charge in [-0.1, -0.05) is 50.8 Å². The van der Waals surface area contributed by atoms with Crippen LogP contribution in [0.2, 0.25) is 0 Å². The summed E-state index contributed by atoms with van der Waals surface area (Å²) >= 11 is 7.25. The predicted octanol–water partition coefficient (Wildman–Crippen LogP) is 3.26. The van der Waals surface area contributed by atoms with Crippen molar-refractivity contribution < 1.29 is 5.11 Å². The average Bonchev–Trinajstić information content (AvgIpc) is 2.45. The molecule has 0 unspecified atom stereocenters. The maximum Gasteiger partial charge on any atom is 0.136 e. The topological polar surface area (TPSA) is 26.7 Å². The molecule has 1 aromatic rings. The highest BCUT2D eigenvalue weighted by Gasteiger charge is 2.20. The monoisotopic (exact) mass is 337 g/mol. The number of nitrogens with zero attached hydrogens (tertiary/aromatic N) is 2. The molecule has 22 heavy (non-hydrogen) atoms. The number of likely N-dealkylation sites (N-methyl/N-ethyl adjacent to an activating group) is 1. The molecular weight excluding hydrogens is 312 g/mol. The standard InChI is InChI=1S/C17H25N2OS2/c1-17(2,3)14-11-13(5-6-15(14)20)12-22-16(21)19-9-7-18(4)8-10-19/h5,11,20H,7-10,12H2,1-4H3. The van der Waals surface area contributed by atoms with Gasteiger partial charge in [-0.15, -0.1) is 0 Å². The number of thioether (sulfide) groups is 1. The van der Waals surface area contributed by atoms with Crippen molar-refractivity contribution >= 4 is 28.3 Å². The first-order valence-corrected chi connectivity index (χ1v) is 9.01. The van der Waals surface area contributed by atoms with Crippen molar-refractivity contribution in [2.75, 3.05) is 33.2 Å². The van der Waals surface area contributed by atoms with Gasteiger partial charge in [-0.25, -0.2) is 0 Å². The number of rotatable bonds is 2. The third-order valence-electron chi connectivity index (χ3n) is 3.91. The minimum absolute atomic E-state index is 0.0841. The first-order valence-electron chi connectivity index (χ1n) is 7.61. The van der Waals surface area contributed by atoms with Gasteiger partial charge in [-0.2, -0.15) is 0 Å². The molecule has 1 aromatic carbocycles. The van der Waals surface area contributed by atoms with E-state index in [9.17, 15) is 5.11 Å². The second-order valence-electron chi connectivity index (χ2n) is 6.87. The molecule has 3 nitrogen and oxygen atoms in total. The summed E-state index contributed by atoms with van der Waals surface area (Å²) < 4.78 is 0.971. The number of phenols is 1. The van der Waals surface area contributed by atoms with Crippen LogP contribution in [-0.4, -0.2) is 52.5 Å². The van der Waals surface area contributed by atoms with Crippen LogP contribution < -0.4 is 0 Å². The SMILES string of the molecule is CN1CCN(C(=S)SCc2c[c]c(O)c(C(C)(C)C)c2)CC1. The molecule has 0 saturated carbocycles. The Labute approximate surface area is 143 Å². The van der Waals surface area contributed by atoms with Crippen LogP contribution in [-0.2, 0) is 11.2 Å².